The fourth-order valence-electron chi connectivity index (χ4n) is 3.20. The van der Waals surface area contributed by atoms with Crippen molar-refractivity contribution in [1.82, 2.24) is 5.43 Å². The number of rotatable bonds is 7. The Kier molecular flexibility index (Phi) is 6.73. The highest BCUT2D eigenvalue weighted by Crippen LogP contribution is 2.32. The maximum Gasteiger partial charge on any atom is 0.416 e. The molecule has 2 aromatic carbocycles. The summed E-state index contributed by atoms with van der Waals surface area (Å²) in [7, 11) is 0. The van der Waals surface area contributed by atoms with Crippen LogP contribution in [0.5, 0.6) is 0 Å². The van der Waals surface area contributed by atoms with Gasteiger partial charge in [0.25, 0.3) is 11.6 Å². The number of hydrogen-bond donors (Lipinski definition) is 2. The molecule has 1 fully saturated rings. The average molecular weight is 435 g/mol. The van der Waals surface area contributed by atoms with E-state index in [-0.39, 0.29) is 17.9 Å². The number of carbonyl (C=O) groups is 1. The molecule has 1 saturated heterocycles. The van der Waals surface area contributed by atoms with Crippen LogP contribution in [0.15, 0.2) is 47.6 Å². The van der Waals surface area contributed by atoms with E-state index in [1.807, 2.05) is 4.90 Å². The number of hydrazone groups is 1. The van der Waals surface area contributed by atoms with Crippen molar-refractivity contribution in [3.8, 4) is 0 Å². The van der Waals surface area contributed by atoms with Gasteiger partial charge >= 0.3 is 6.18 Å². The number of hydrogen-bond acceptors (Lipinski definition) is 6. The number of halogens is 3. The van der Waals surface area contributed by atoms with Gasteiger partial charge in [0.05, 0.1) is 23.2 Å². The number of nitro groups is 1. The first-order valence-electron chi connectivity index (χ1n) is 9.50. The summed E-state index contributed by atoms with van der Waals surface area (Å²) in [5.74, 6) is -0.586. The minimum Gasteiger partial charge on any atom is -0.376 e. The molecule has 0 aliphatic carbocycles. The second-order valence-corrected chi connectivity index (χ2v) is 6.92. The van der Waals surface area contributed by atoms with Crippen molar-refractivity contribution >= 4 is 29.2 Å². The first-order chi connectivity index (χ1) is 14.7. The number of alkyl halides is 3. The minimum atomic E-state index is -4.48. The lowest BCUT2D eigenvalue weighted by Gasteiger charge is -2.17. The molecule has 0 spiro atoms. The maximum atomic E-state index is 12.7. The van der Waals surface area contributed by atoms with Crippen molar-refractivity contribution in [2.24, 2.45) is 5.10 Å². The summed E-state index contributed by atoms with van der Waals surface area (Å²) in [6, 6.07) is 9.18. The summed E-state index contributed by atoms with van der Waals surface area (Å²) in [6.07, 6.45) is -1.23. The summed E-state index contributed by atoms with van der Waals surface area (Å²) < 4.78 is 38.1. The van der Waals surface area contributed by atoms with Crippen molar-refractivity contribution in [2.75, 3.05) is 29.9 Å². The van der Waals surface area contributed by atoms with Gasteiger partial charge in [0, 0.05) is 30.4 Å². The van der Waals surface area contributed by atoms with Crippen LogP contribution in [0.25, 0.3) is 0 Å². The number of benzene rings is 2. The molecular formula is C20H20F3N5O3. The molecule has 11 heteroatoms. The fourth-order valence-corrected chi connectivity index (χ4v) is 3.20. The predicted molar refractivity (Wildman–Crippen MR) is 110 cm³/mol. The SMILES string of the molecule is O=C(CNc1cccc(C(F)(F)F)c1)N/N=C/c1ccc(N2CCCC2)c([N+](=O)[O-])c1. The number of nitrogens with zero attached hydrogens (tertiary/aromatic N) is 3. The van der Waals surface area contributed by atoms with Crippen LogP contribution < -0.4 is 15.6 Å². The van der Waals surface area contributed by atoms with Gasteiger partial charge in [-0.25, -0.2) is 5.43 Å². The number of nitro benzene ring substituents is 1. The number of carbonyl (C=O) groups excluding carboxylic acids is 1. The highest BCUT2D eigenvalue weighted by molar-refractivity contribution is 5.86. The lowest BCUT2D eigenvalue weighted by Crippen LogP contribution is -2.26. The molecule has 8 nitrogen and oxygen atoms in total. The maximum absolute atomic E-state index is 12.7. The van der Waals surface area contributed by atoms with Crippen LogP contribution in [-0.2, 0) is 11.0 Å². The lowest BCUT2D eigenvalue weighted by molar-refractivity contribution is -0.384. The average Bonchev–Trinajstić information content (AvgIpc) is 3.26. The van der Waals surface area contributed by atoms with Gasteiger partial charge in [0.1, 0.15) is 5.69 Å². The molecule has 0 bridgehead atoms. The topological polar surface area (TPSA) is 99.9 Å². The van der Waals surface area contributed by atoms with Crippen molar-refractivity contribution < 1.29 is 22.9 Å². The molecule has 0 aromatic heterocycles. The third kappa shape index (κ3) is 5.93. The number of amides is 1. The first-order valence-corrected chi connectivity index (χ1v) is 9.50. The fraction of sp³-hybridized carbons (Fsp3) is 0.300. The molecule has 3 rings (SSSR count). The Balaban J connectivity index is 1.57. The predicted octanol–water partition coefficient (Wildman–Crippen LogP) is 3.78. The molecule has 2 N–H and O–H groups in total. The Hall–Kier alpha value is -3.63. The molecular weight excluding hydrogens is 415 g/mol. The quantitative estimate of drug-likeness (QED) is 0.392. The molecule has 1 heterocycles. The third-order valence-electron chi connectivity index (χ3n) is 4.69. The summed E-state index contributed by atoms with van der Waals surface area (Å²) in [6.45, 7) is 1.24. The number of nitrogens with one attached hydrogen (secondary N) is 2. The molecule has 2 aromatic rings. The van der Waals surface area contributed by atoms with Crippen LogP contribution in [-0.4, -0.2) is 36.7 Å². The molecule has 1 aliphatic rings. The van der Waals surface area contributed by atoms with Gasteiger partial charge in [-0.3, -0.25) is 14.9 Å². The van der Waals surface area contributed by atoms with E-state index in [4.69, 9.17) is 0 Å². The van der Waals surface area contributed by atoms with Crippen LogP contribution in [0.3, 0.4) is 0 Å². The van der Waals surface area contributed by atoms with Crippen LogP contribution in [0.2, 0.25) is 0 Å². The largest absolute Gasteiger partial charge is 0.416 e. The molecule has 0 atom stereocenters. The van der Waals surface area contributed by atoms with Gasteiger partial charge in [-0.05, 0) is 37.1 Å². The lowest BCUT2D eigenvalue weighted by atomic mass is 10.1. The van der Waals surface area contributed by atoms with E-state index in [0.717, 1.165) is 38.1 Å². The van der Waals surface area contributed by atoms with E-state index >= 15 is 0 Å². The molecule has 1 aliphatic heterocycles. The standard InChI is InChI=1S/C20H20F3N5O3/c21-20(22,23)15-4-3-5-16(11-15)24-13-19(29)26-25-12-14-6-7-17(18(10-14)28(30)31)27-8-1-2-9-27/h3-7,10-12,24H,1-2,8-9,13H2,(H,26,29)/b25-12+. The van der Waals surface area contributed by atoms with E-state index in [1.54, 1.807) is 12.1 Å². The highest BCUT2D eigenvalue weighted by Gasteiger charge is 2.30. The Labute approximate surface area is 175 Å². The minimum absolute atomic E-state index is 0.0385. The zero-order valence-corrected chi connectivity index (χ0v) is 16.4. The molecule has 0 saturated carbocycles. The Morgan fingerprint density at radius 3 is 2.61 bits per heavy atom. The Morgan fingerprint density at radius 1 is 1.19 bits per heavy atom. The van der Waals surface area contributed by atoms with Crippen LogP contribution in [0, 0.1) is 10.1 Å². The van der Waals surface area contributed by atoms with Crippen LogP contribution in [0.1, 0.15) is 24.0 Å². The normalized spacial score (nSPS) is 14.1. The monoisotopic (exact) mass is 435 g/mol. The Bertz CT molecular complexity index is 988. The highest BCUT2D eigenvalue weighted by atomic mass is 19.4. The van der Waals surface area contributed by atoms with Gasteiger partial charge in [-0.2, -0.15) is 18.3 Å². The molecule has 1 amide bonds. The molecule has 164 valence electrons. The zero-order chi connectivity index (χ0) is 22.4. The van der Waals surface area contributed by atoms with Gasteiger partial charge < -0.3 is 10.2 Å². The van der Waals surface area contributed by atoms with Crippen molar-refractivity contribution in [3.63, 3.8) is 0 Å². The third-order valence-corrected chi connectivity index (χ3v) is 4.69. The summed E-state index contributed by atoms with van der Waals surface area (Å²) in [5, 5.41) is 17.7. The van der Waals surface area contributed by atoms with Gasteiger partial charge in [-0.15, -0.1) is 0 Å². The summed E-state index contributed by atoms with van der Waals surface area (Å²) >= 11 is 0. The molecule has 0 unspecified atom stereocenters. The molecule has 31 heavy (non-hydrogen) atoms. The second kappa shape index (κ2) is 9.45. The zero-order valence-electron chi connectivity index (χ0n) is 16.4. The second-order valence-electron chi connectivity index (χ2n) is 6.92. The van der Waals surface area contributed by atoms with Gasteiger partial charge in [0.15, 0.2) is 0 Å². The van der Waals surface area contributed by atoms with Crippen LogP contribution in [0.4, 0.5) is 30.2 Å². The molecule has 0 radical (unpaired) electrons. The Morgan fingerprint density at radius 2 is 1.94 bits per heavy atom. The smallest absolute Gasteiger partial charge is 0.376 e. The van der Waals surface area contributed by atoms with Crippen molar-refractivity contribution in [1.29, 1.82) is 0 Å². The van der Waals surface area contributed by atoms with Crippen molar-refractivity contribution in [3.05, 3.63) is 63.7 Å². The van der Waals surface area contributed by atoms with E-state index in [9.17, 15) is 28.1 Å². The number of anilines is 2. The van der Waals surface area contributed by atoms with Crippen LogP contribution >= 0.6 is 0 Å². The summed E-state index contributed by atoms with van der Waals surface area (Å²) in [4.78, 5) is 24.8. The summed E-state index contributed by atoms with van der Waals surface area (Å²) in [5.41, 5.74) is 2.49. The van der Waals surface area contributed by atoms with E-state index in [0.29, 0.717) is 11.3 Å². The van der Waals surface area contributed by atoms with E-state index in [1.165, 1.54) is 24.4 Å². The van der Waals surface area contributed by atoms with E-state index in [2.05, 4.69) is 15.8 Å². The van der Waals surface area contributed by atoms with Gasteiger partial charge in [0.2, 0.25) is 0 Å². The van der Waals surface area contributed by atoms with E-state index < -0.39 is 22.6 Å². The van der Waals surface area contributed by atoms with Crippen molar-refractivity contribution in [2.45, 2.75) is 19.0 Å². The van der Waals surface area contributed by atoms with Gasteiger partial charge in [-0.1, -0.05) is 12.1 Å². The first kappa shape index (κ1) is 22.1.